The fourth-order valence-corrected chi connectivity index (χ4v) is 18.0. The Morgan fingerprint density at radius 3 is 1.63 bits per heavy atom. The summed E-state index contributed by atoms with van der Waals surface area (Å²) in [7, 11) is -3.99. The van der Waals surface area contributed by atoms with Crippen LogP contribution < -0.4 is 5.32 Å². The third-order valence-corrected chi connectivity index (χ3v) is 16.1. The molecule has 0 aromatic carbocycles. The quantitative estimate of drug-likeness (QED) is 0.131. The molecule has 0 bridgehead atoms. The number of rotatable bonds is 17. The van der Waals surface area contributed by atoms with Gasteiger partial charge in [0.25, 0.3) is 0 Å². The molecule has 0 aliphatic carbocycles. The van der Waals surface area contributed by atoms with E-state index in [4.69, 9.17) is 12.3 Å². The second-order valence-electron chi connectivity index (χ2n) is 11.3. The Labute approximate surface area is 191 Å². The van der Waals surface area contributed by atoms with Crippen LogP contribution in [0, 0.1) is 0 Å². The minimum absolute atomic E-state index is 0.321. The second-order valence-corrected chi connectivity index (χ2v) is 28.3. The zero-order valence-corrected chi connectivity index (χ0v) is 25.7. The summed E-state index contributed by atoms with van der Waals surface area (Å²) < 4.78 is 20.3. The molecule has 0 aromatic heterocycles. The zero-order valence-electron chi connectivity index (χ0n) is 21.7. The van der Waals surface area contributed by atoms with Crippen LogP contribution in [0.1, 0.15) is 32.1 Å². The molecule has 1 N–H and O–H groups in total. The first kappa shape index (κ1) is 30.3. The molecule has 0 aliphatic heterocycles. The van der Waals surface area contributed by atoms with E-state index in [2.05, 4.69) is 83.2 Å². The Morgan fingerprint density at radius 1 is 0.800 bits per heavy atom. The van der Waals surface area contributed by atoms with Gasteiger partial charge in [-0.05, 0) is 98.8 Å². The molecule has 0 spiro atoms. The maximum atomic E-state index is 10.5. The first-order valence-electron chi connectivity index (χ1n) is 11.4. The van der Waals surface area contributed by atoms with Crippen molar-refractivity contribution in [1.82, 2.24) is 10.2 Å². The van der Waals surface area contributed by atoms with Gasteiger partial charge in [-0.15, -0.1) is 0 Å². The van der Waals surface area contributed by atoms with Crippen molar-refractivity contribution in [2.45, 2.75) is 103 Å². The van der Waals surface area contributed by atoms with Crippen molar-refractivity contribution >= 4 is 40.0 Å². The average Bonchev–Trinajstić information content (AvgIpc) is 2.47. The Morgan fingerprint density at radius 2 is 1.27 bits per heavy atom. The van der Waals surface area contributed by atoms with Crippen molar-refractivity contribution in [3.63, 3.8) is 0 Å². The third kappa shape index (κ3) is 16.0. The highest BCUT2D eigenvalue weighted by atomic mass is 28.5. The molecule has 10 heteroatoms. The lowest BCUT2D eigenvalue weighted by Crippen LogP contribution is -2.60. The molecule has 1 atom stereocenters. The first-order valence-corrected chi connectivity index (χ1v) is 23.6. The van der Waals surface area contributed by atoms with Crippen molar-refractivity contribution in [2.75, 3.05) is 20.6 Å². The molecule has 0 heterocycles. The molecule has 30 heavy (non-hydrogen) atoms. The Hall–Kier alpha value is 0.338. The summed E-state index contributed by atoms with van der Waals surface area (Å²) in [6.45, 7) is 21.0. The lowest BCUT2D eigenvalue weighted by atomic mass is 10.1. The van der Waals surface area contributed by atoms with E-state index in [-0.39, 0.29) is 0 Å². The summed E-state index contributed by atoms with van der Waals surface area (Å²) in [5.41, 5.74) is 0. The molecule has 0 saturated heterocycles. The van der Waals surface area contributed by atoms with Gasteiger partial charge in [0.2, 0.25) is 0 Å². The number of carbonyl (C=O) groups is 1. The number of hydrogen-bond donors (Lipinski definition) is 1. The SMILES string of the molecule is CN(C)C(CCCCC=O)NCCC[Si](O[Si](C)(C)C)(O[Si](C)(C)C)O[Si](C)(C)C. The largest absolute Gasteiger partial charge is 0.469 e. The number of nitrogens with zero attached hydrogens (tertiary/aromatic N) is 1. The lowest BCUT2D eigenvalue weighted by Gasteiger charge is -2.43. The van der Waals surface area contributed by atoms with E-state index >= 15 is 0 Å². The van der Waals surface area contributed by atoms with Crippen LogP contribution in [-0.4, -0.2) is 71.7 Å². The maximum absolute atomic E-state index is 10.5. The molecule has 180 valence electrons. The van der Waals surface area contributed by atoms with Crippen LogP contribution in [0.15, 0.2) is 0 Å². The van der Waals surface area contributed by atoms with Gasteiger partial charge in [0.05, 0.1) is 6.17 Å². The summed E-state index contributed by atoms with van der Waals surface area (Å²) in [4.78, 5) is 12.8. The van der Waals surface area contributed by atoms with Gasteiger partial charge in [0.1, 0.15) is 6.29 Å². The van der Waals surface area contributed by atoms with E-state index < -0.39 is 33.8 Å². The fourth-order valence-electron chi connectivity index (χ4n) is 3.30. The van der Waals surface area contributed by atoms with Gasteiger partial charge in [-0.2, -0.15) is 0 Å². The molecule has 0 aromatic rings. The highest BCUT2D eigenvalue weighted by Crippen LogP contribution is 2.29. The van der Waals surface area contributed by atoms with E-state index in [1.54, 1.807) is 0 Å². The molecule has 0 rings (SSSR count). The molecule has 0 amide bonds. The Kier molecular flexibility index (Phi) is 13.3. The van der Waals surface area contributed by atoms with Crippen molar-refractivity contribution < 1.29 is 17.1 Å². The van der Waals surface area contributed by atoms with Crippen LogP contribution in [-0.2, 0) is 17.1 Å². The molecule has 1 unspecified atom stereocenters. The summed E-state index contributed by atoms with van der Waals surface area (Å²) in [5.74, 6) is 0. The van der Waals surface area contributed by atoms with Crippen LogP contribution in [0.25, 0.3) is 0 Å². The van der Waals surface area contributed by atoms with Gasteiger partial charge in [-0.1, -0.05) is 6.42 Å². The number of nitrogens with one attached hydrogen (secondary N) is 1. The lowest BCUT2D eigenvalue weighted by molar-refractivity contribution is -0.107. The highest BCUT2D eigenvalue weighted by molar-refractivity contribution is 6.90. The molecule has 0 fully saturated rings. The summed E-state index contributed by atoms with van der Waals surface area (Å²) in [6.07, 6.45) is 6.03. The van der Waals surface area contributed by atoms with E-state index in [0.717, 1.165) is 44.6 Å². The monoisotopic (exact) mass is 494 g/mol. The van der Waals surface area contributed by atoms with Crippen LogP contribution in [0.2, 0.25) is 65.0 Å². The van der Waals surface area contributed by atoms with Crippen LogP contribution in [0.5, 0.6) is 0 Å². The van der Waals surface area contributed by atoms with E-state index in [1.807, 2.05) is 0 Å². The van der Waals surface area contributed by atoms with Gasteiger partial charge in [-0.25, -0.2) is 0 Å². The molecule has 0 aliphatic rings. The van der Waals surface area contributed by atoms with E-state index in [1.165, 1.54) is 0 Å². The zero-order chi connectivity index (χ0) is 23.6. The highest BCUT2D eigenvalue weighted by Gasteiger charge is 2.49. The molecular weight excluding hydrogens is 445 g/mol. The topological polar surface area (TPSA) is 60.0 Å². The summed E-state index contributed by atoms with van der Waals surface area (Å²) >= 11 is 0. The van der Waals surface area contributed by atoms with Crippen LogP contribution in [0.3, 0.4) is 0 Å². The number of unbranched alkanes of at least 4 members (excludes halogenated alkanes) is 2. The molecular formula is C20H50N2O4Si4. The van der Waals surface area contributed by atoms with Gasteiger partial charge in [-0.3, -0.25) is 4.90 Å². The number of hydrogen-bond acceptors (Lipinski definition) is 6. The van der Waals surface area contributed by atoms with Crippen molar-refractivity contribution in [3.05, 3.63) is 0 Å². The molecule has 0 saturated carbocycles. The standard InChI is InChI=1S/C20H50N2O4Si4/c1-22(2)20(16-13-12-14-18-23)21-17-15-19-30(24-27(3,4)5,25-28(6,7)8)26-29(9,10)11/h18,20-21H,12-17,19H2,1-11H3. The van der Waals surface area contributed by atoms with E-state index in [9.17, 15) is 4.79 Å². The maximum Gasteiger partial charge on any atom is 0.469 e. The third-order valence-electron chi connectivity index (χ3n) is 4.10. The predicted octanol–water partition coefficient (Wildman–Crippen LogP) is 5.11. The minimum Gasteiger partial charge on any atom is -0.417 e. The number of aldehydes is 1. The van der Waals surface area contributed by atoms with Crippen molar-refractivity contribution in [3.8, 4) is 0 Å². The van der Waals surface area contributed by atoms with Crippen molar-refractivity contribution in [1.29, 1.82) is 0 Å². The van der Waals surface area contributed by atoms with Crippen LogP contribution in [0.4, 0.5) is 0 Å². The Bertz CT molecular complexity index is 448. The first-order chi connectivity index (χ1) is 13.5. The summed E-state index contributed by atoms with van der Waals surface area (Å²) in [5, 5.41) is 3.68. The Balaban J connectivity index is 5.14. The van der Waals surface area contributed by atoms with Gasteiger partial charge >= 0.3 is 8.80 Å². The second kappa shape index (κ2) is 13.1. The van der Waals surface area contributed by atoms with Gasteiger partial charge in [0, 0.05) is 12.5 Å². The number of carbonyl (C=O) groups excluding carboxylic acids is 1. The summed E-state index contributed by atoms with van der Waals surface area (Å²) in [6, 6.07) is 0.865. The minimum atomic E-state index is -2.74. The normalized spacial score (nSPS) is 14.9. The van der Waals surface area contributed by atoms with Crippen LogP contribution >= 0.6 is 0 Å². The van der Waals surface area contributed by atoms with Crippen molar-refractivity contribution in [2.24, 2.45) is 0 Å². The molecule has 0 radical (unpaired) electrons. The van der Waals surface area contributed by atoms with E-state index in [0.29, 0.717) is 12.6 Å². The molecule has 6 nitrogen and oxygen atoms in total. The van der Waals surface area contributed by atoms with Gasteiger partial charge < -0.3 is 22.5 Å². The van der Waals surface area contributed by atoms with Gasteiger partial charge in [0.15, 0.2) is 25.0 Å². The fraction of sp³-hybridized carbons (Fsp3) is 0.950. The average molecular weight is 495 g/mol. The predicted molar refractivity (Wildman–Crippen MR) is 138 cm³/mol. The smallest absolute Gasteiger partial charge is 0.417 e.